The summed E-state index contributed by atoms with van der Waals surface area (Å²) in [7, 11) is 0. The quantitative estimate of drug-likeness (QED) is 0.795. The van der Waals surface area contributed by atoms with E-state index in [9.17, 15) is 18.4 Å². The minimum absolute atomic E-state index is 0.0665. The topological polar surface area (TPSA) is 66.4 Å². The van der Waals surface area contributed by atoms with E-state index in [1.54, 1.807) is 0 Å². The molecule has 104 valence electrons. The number of carbonyl (C=O) groups excluding carboxylic acids is 1. The molecule has 0 heterocycles. The van der Waals surface area contributed by atoms with Crippen LogP contribution in [0.4, 0.5) is 8.78 Å². The van der Waals surface area contributed by atoms with Crippen LogP contribution >= 0.6 is 0 Å². The Morgan fingerprint density at radius 1 is 1.21 bits per heavy atom. The Balaban J connectivity index is 2.42. The highest BCUT2D eigenvalue weighted by molar-refractivity contribution is 5.83. The molecule has 1 aromatic rings. The Hall–Kier alpha value is -1.98. The lowest BCUT2D eigenvalue weighted by Gasteiger charge is -2.13. The number of carbonyl (C=O) groups is 2. The second kappa shape index (κ2) is 7.45. The molecule has 0 aliphatic carbocycles. The molecule has 6 heteroatoms. The Bertz CT molecular complexity index is 423. The largest absolute Gasteiger partial charge is 0.480 e. The fraction of sp³-hybridized carbons (Fsp3) is 0.385. The van der Waals surface area contributed by atoms with E-state index in [1.807, 2.05) is 30.3 Å². The van der Waals surface area contributed by atoms with Crippen molar-refractivity contribution in [3.8, 4) is 0 Å². The van der Waals surface area contributed by atoms with Gasteiger partial charge in [0, 0.05) is 12.8 Å². The van der Waals surface area contributed by atoms with Crippen molar-refractivity contribution in [1.82, 2.24) is 5.32 Å². The first-order valence-corrected chi connectivity index (χ1v) is 5.83. The molecule has 4 nitrogen and oxygen atoms in total. The zero-order valence-electron chi connectivity index (χ0n) is 10.2. The number of aliphatic carboxylic acids is 1. The number of nitrogens with one attached hydrogen (secondary N) is 1. The minimum Gasteiger partial charge on any atom is -0.480 e. The Morgan fingerprint density at radius 2 is 1.84 bits per heavy atom. The molecular weight excluding hydrogens is 256 g/mol. The summed E-state index contributed by atoms with van der Waals surface area (Å²) in [5.41, 5.74) is 0.929. The lowest BCUT2D eigenvalue weighted by atomic mass is 10.1. The molecule has 1 aromatic carbocycles. The summed E-state index contributed by atoms with van der Waals surface area (Å²) in [5, 5.41) is 10.8. The molecule has 0 aliphatic heterocycles. The van der Waals surface area contributed by atoms with Crippen molar-refractivity contribution < 1.29 is 23.5 Å². The molecule has 0 radical (unpaired) electrons. The van der Waals surface area contributed by atoms with E-state index < -0.39 is 30.8 Å². The van der Waals surface area contributed by atoms with Gasteiger partial charge in [-0.25, -0.2) is 13.6 Å². The van der Waals surface area contributed by atoms with Gasteiger partial charge in [-0.15, -0.1) is 0 Å². The second-order valence-electron chi connectivity index (χ2n) is 4.07. The lowest BCUT2D eigenvalue weighted by molar-refractivity contribution is -0.143. The van der Waals surface area contributed by atoms with Gasteiger partial charge in [0.1, 0.15) is 6.04 Å². The fourth-order valence-corrected chi connectivity index (χ4v) is 1.57. The van der Waals surface area contributed by atoms with Crippen LogP contribution in [0.15, 0.2) is 30.3 Å². The van der Waals surface area contributed by atoms with Crippen LogP contribution in [0, 0.1) is 0 Å². The number of halogens is 2. The molecule has 1 unspecified atom stereocenters. The molecule has 2 N–H and O–H groups in total. The van der Waals surface area contributed by atoms with E-state index >= 15 is 0 Å². The van der Waals surface area contributed by atoms with Crippen LogP contribution in [0.5, 0.6) is 0 Å². The summed E-state index contributed by atoms with van der Waals surface area (Å²) < 4.78 is 24.3. The van der Waals surface area contributed by atoms with Gasteiger partial charge in [0.05, 0.1) is 0 Å². The summed E-state index contributed by atoms with van der Waals surface area (Å²) in [6.45, 7) is 0. The third kappa shape index (κ3) is 5.94. The molecule has 0 spiro atoms. The first-order chi connectivity index (χ1) is 8.99. The maximum atomic E-state index is 12.1. The van der Waals surface area contributed by atoms with Gasteiger partial charge in [0.25, 0.3) is 0 Å². The molecule has 0 bridgehead atoms. The van der Waals surface area contributed by atoms with Crippen LogP contribution in [0.1, 0.15) is 18.4 Å². The molecule has 0 fully saturated rings. The summed E-state index contributed by atoms with van der Waals surface area (Å²) in [5.74, 6) is -2.00. The van der Waals surface area contributed by atoms with Crippen molar-refractivity contribution in [2.45, 2.75) is 31.7 Å². The molecule has 0 aliphatic rings. The van der Waals surface area contributed by atoms with Crippen LogP contribution in [0.3, 0.4) is 0 Å². The molecule has 0 aromatic heterocycles. The van der Waals surface area contributed by atoms with E-state index in [0.29, 0.717) is 6.42 Å². The van der Waals surface area contributed by atoms with Crippen molar-refractivity contribution in [2.24, 2.45) is 0 Å². The number of amides is 1. The molecule has 1 amide bonds. The molecule has 1 atom stereocenters. The zero-order chi connectivity index (χ0) is 14.3. The minimum atomic E-state index is -2.77. The first-order valence-electron chi connectivity index (χ1n) is 5.83. The third-order valence-corrected chi connectivity index (χ3v) is 2.53. The van der Waals surface area contributed by atoms with Gasteiger partial charge >= 0.3 is 5.97 Å². The smallest absolute Gasteiger partial charge is 0.326 e. The third-order valence-electron chi connectivity index (χ3n) is 2.53. The number of rotatable bonds is 7. The van der Waals surface area contributed by atoms with Gasteiger partial charge in [-0.3, -0.25) is 4.79 Å². The monoisotopic (exact) mass is 271 g/mol. The highest BCUT2D eigenvalue weighted by atomic mass is 19.3. The molecular formula is C13H15F2NO3. The number of alkyl halides is 2. The Morgan fingerprint density at radius 3 is 2.37 bits per heavy atom. The predicted molar refractivity (Wildman–Crippen MR) is 65.0 cm³/mol. The van der Waals surface area contributed by atoms with Gasteiger partial charge < -0.3 is 10.4 Å². The molecule has 19 heavy (non-hydrogen) atoms. The van der Waals surface area contributed by atoms with Crippen molar-refractivity contribution >= 4 is 11.9 Å². The van der Waals surface area contributed by atoms with E-state index in [1.165, 1.54) is 0 Å². The van der Waals surface area contributed by atoms with Gasteiger partial charge in [-0.2, -0.15) is 0 Å². The van der Waals surface area contributed by atoms with Gasteiger partial charge in [0.15, 0.2) is 0 Å². The number of hydrogen-bond donors (Lipinski definition) is 2. The normalized spacial score (nSPS) is 12.2. The van der Waals surface area contributed by atoms with E-state index in [0.717, 1.165) is 5.56 Å². The van der Waals surface area contributed by atoms with Crippen LogP contribution in [0.25, 0.3) is 0 Å². The van der Waals surface area contributed by atoms with Gasteiger partial charge in [-0.1, -0.05) is 30.3 Å². The summed E-state index contributed by atoms with van der Waals surface area (Å²) in [4.78, 5) is 22.2. The van der Waals surface area contributed by atoms with E-state index in [-0.39, 0.29) is 6.42 Å². The number of carboxylic acids is 1. The van der Waals surface area contributed by atoms with Gasteiger partial charge in [0.2, 0.25) is 12.3 Å². The maximum absolute atomic E-state index is 12.1. The number of benzene rings is 1. The molecule has 0 saturated carbocycles. The number of aryl methyl sites for hydroxylation is 1. The number of carboxylic acid groups (broad SMARTS) is 1. The van der Waals surface area contributed by atoms with E-state index in [2.05, 4.69) is 5.32 Å². The standard InChI is InChI=1S/C13H15F2NO3/c14-11(15)8-10(13(18)19)16-12(17)7-6-9-4-2-1-3-5-9/h1-5,10-11H,6-8H2,(H,16,17)(H,18,19). The first kappa shape index (κ1) is 15.1. The maximum Gasteiger partial charge on any atom is 0.326 e. The molecule has 1 rings (SSSR count). The van der Waals surface area contributed by atoms with Crippen molar-refractivity contribution in [3.05, 3.63) is 35.9 Å². The summed E-state index contributed by atoms with van der Waals surface area (Å²) in [6, 6.07) is 7.62. The van der Waals surface area contributed by atoms with Crippen LogP contribution < -0.4 is 5.32 Å². The predicted octanol–water partition coefficient (Wildman–Crippen LogP) is 1.84. The zero-order valence-corrected chi connectivity index (χ0v) is 10.2. The number of hydrogen-bond acceptors (Lipinski definition) is 2. The average molecular weight is 271 g/mol. The highest BCUT2D eigenvalue weighted by Crippen LogP contribution is 2.06. The summed E-state index contributed by atoms with van der Waals surface area (Å²) >= 11 is 0. The van der Waals surface area contributed by atoms with E-state index in [4.69, 9.17) is 5.11 Å². The second-order valence-corrected chi connectivity index (χ2v) is 4.07. The Labute approximate surface area is 109 Å². The van der Waals surface area contributed by atoms with Crippen molar-refractivity contribution in [2.75, 3.05) is 0 Å². The van der Waals surface area contributed by atoms with Crippen LogP contribution in [-0.2, 0) is 16.0 Å². The lowest BCUT2D eigenvalue weighted by Crippen LogP contribution is -2.42. The van der Waals surface area contributed by atoms with Crippen LogP contribution in [0.2, 0.25) is 0 Å². The Kier molecular flexibility index (Phi) is 5.92. The van der Waals surface area contributed by atoms with Crippen molar-refractivity contribution in [1.29, 1.82) is 0 Å². The van der Waals surface area contributed by atoms with Crippen LogP contribution in [-0.4, -0.2) is 29.5 Å². The SMILES string of the molecule is O=C(CCc1ccccc1)NC(CC(F)F)C(=O)O. The van der Waals surface area contributed by atoms with Gasteiger partial charge in [-0.05, 0) is 12.0 Å². The van der Waals surface area contributed by atoms with Crippen molar-refractivity contribution in [3.63, 3.8) is 0 Å². The highest BCUT2D eigenvalue weighted by Gasteiger charge is 2.23. The average Bonchev–Trinajstić information content (AvgIpc) is 2.36. The fourth-order valence-electron chi connectivity index (χ4n) is 1.57. The molecule has 0 saturated heterocycles. The summed E-state index contributed by atoms with van der Waals surface area (Å²) in [6.07, 6.45) is -3.15.